The Morgan fingerprint density at radius 2 is 2.00 bits per heavy atom. The number of fused-ring (bicyclic) bond motifs is 1. The monoisotopic (exact) mass is 261 g/mol. The van der Waals surface area contributed by atoms with Crippen LogP contribution in [0.5, 0.6) is 0 Å². The molecule has 2 aromatic rings. The van der Waals surface area contributed by atoms with Crippen LogP contribution in [-0.4, -0.2) is 39.0 Å². The van der Waals surface area contributed by atoms with Crippen LogP contribution in [0.15, 0.2) is 24.3 Å². The summed E-state index contributed by atoms with van der Waals surface area (Å²) in [5.74, 6) is 0. The van der Waals surface area contributed by atoms with Gasteiger partial charge in [0.25, 0.3) is 0 Å². The molecule has 1 aromatic heterocycles. The molecule has 0 spiro atoms. The SMILES string of the molecule is CCn1nc(CN(C)CC(C)(C)O)c2ccccc21. The first-order chi connectivity index (χ1) is 8.90. The van der Waals surface area contributed by atoms with E-state index in [4.69, 9.17) is 0 Å². The third-order valence-electron chi connectivity index (χ3n) is 3.11. The van der Waals surface area contributed by atoms with Crippen molar-refractivity contribution in [2.75, 3.05) is 13.6 Å². The predicted octanol–water partition coefficient (Wildman–Crippen LogP) is 2.26. The molecule has 0 aliphatic rings. The van der Waals surface area contributed by atoms with Gasteiger partial charge in [-0.05, 0) is 33.9 Å². The minimum Gasteiger partial charge on any atom is -0.389 e. The fraction of sp³-hybridized carbons (Fsp3) is 0.533. The maximum atomic E-state index is 9.86. The van der Waals surface area contributed by atoms with Crippen LogP contribution in [-0.2, 0) is 13.1 Å². The summed E-state index contributed by atoms with van der Waals surface area (Å²) < 4.78 is 2.03. The number of hydrogen-bond acceptors (Lipinski definition) is 3. The Morgan fingerprint density at radius 3 is 2.63 bits per heavy atom. The van der Waals surface area contributed by atoms with Gasteiger partial charge in [0.1, 0.15) is 0 Å². The number of para-hydroxylation sites is 1. The van der Waals surface area contributed by atoms with E-state index in [1.54, 1.807) is 0 Å². The number of aryl methyl sites for hydroxylation is 1. The largest absolute Gasteiger partial charge is 0.389 e. The summed E-state index contributed by atoms with van der Waals surface area (Å²) in [6, 6.07) is 8.30. The van der Waals surface area contributed by atoms with Gasteiger partial charge in [0, 0.05) is 25.0 Å². The number of nitrogens with zero attached hydrogens (tertiary/aromatic N) is 3. The van der Waals surface area contributed by atoms with E-state index >= 15 is 0 Å². The molecule has 0 amide bonds. The van der Waals surface area contributed by atoms with Crippen LogP contribution in [0.2, 0.25) is 0 Å². The molecule has 2 rings (SSSR count). The van der Waals surface area contributed by atoms with E-state index < -0.39 is 5.60 Å². The minimum absolute atomic E-state index is 0.625. The third kappa shape index (κ3) is 3.33. The molecule has 0 aliphatic heterocycles. The summed E-state index contributed by atoms with van der Waals surface area (Å²) in [5.41, 5.74) is 1.57. The second kappa shape index (κ2) is 5.31. The number of likely N-dealkylation sites (N-methyl/N-ethyl adjacent to an activating group) is 1. The molecule has 1 N–H and O–H groups in total. The van der Waals surface area contributed by atoms with E-state index in [1.165, 1.54) is 10.9 Å². The maximum absolute atomic E-state index is 9.86. The molecule has 4 nitrogen and oxygen atoms in total. The molecule has 0 saturated carbocycles. The second-order valence-electron chi connectivity index (χ2n) is 5.76. The van der Waals surface area contributed by atoms with Crippen molar-refractivity contribution < 1.29 is 5.11 Å². The van der Waals surface area contributed by atoms with E-state index in [2.05, 4.69) is 29.1 Å². The highest BCUT2D eigenvalue weighted by Crippen LogP contribution is 2.20. The van der Waals surface area contributed by atoms with Gasteiger partial charge in [-0.15, -0.1) is 0 Å². The molecular formula is C15H23N3O. The van der Waals surface area contributed by atoms with E-state index in [0.717, 1.165) is 18.8 Å². The fourth-order valence-corrected chi connectivity index (χ4v) is 2.53. The molecule has 0 radical (unpaired) electrons. The van der Waals surface area contributed by atoms with Gasteiger partial charge in [-0.2, -0.15) is 5.10 Å². The summed E-state index contributed by atoms with van der Waals surface area (Å²) >= 11 is 0. The lowest BCUT2D eigenvalue weighted by atomic mass is 10.1. The molecule has 0 unspecified atom stereocenters. The van der Waals surface area contributed by atoms with Gasteiger partial charge in [0.05, 0.1) is 16.8 Å². The van der Waals surface area contributed by atoms with Gasteiger partial charge in [-0.1, -0.05) is 18.2 Å². The molecule has 0 atom stereocenters. The van der Waals surface area contributed by atoms with Crippen LogP contribution >= 0.6 is 0 Å². The number of aromatic nitrogens is 2. The van der Waals surface area contributed by atoms with Crippen molar-refractivity contribution in [2.24, 2.45) is 0 Å². The van der Waals surface area contributed by atoms with E-state index in [-0.39, 0.29) is 0 Å². The quantitative estimate of drug-likeness (QED) is 0.897. The van der Waals surface area contributed by atoms with Crippen molar-refractivity contribution in [1.29, 1.82) is 0 Å². The first kappa shape index (κ1) is 14.0. The Labute approximate surface area is 114 Å². The Bertz CT molecular complexity index is 554. The van der Waals surface area contributed by atoms with Crippen molar-refractivity contribution in [2.45, 2.75) is 39.5 Å². The third-order valence-corrected chi connectivity index (χ3v) is 3.11. The van der Waals surface area contributed by atoms with Crippen LogP contribution in [0.3, 0.4) is 0 Å². The Balaban J connectivity index is 2.26. The standard InChI is InChI=1S/C15H23N3O/c1-5-18-14-9-7-6-8-12(14)13(16-18)10-17(4)11-15(2,3)19/h6-9,19H,5,10-11H2,1-4H3. The first-order valence-corrected chi connectivity index (χ1v) is 6.76. The Morgan fingerprint density at radius 1 is 1.32 bits per heavy atom. The van der Waals surface area contributed by atoms with Gasteiger partial charge >= 0.3 is 0 Å². The summed E-state index contributed by atoms with van der Waals surface area (Å²) in [4.78, 5) is 2.11. The summed E-state index contributed by atoms with van der Waals surface area (Å²) in [6.07, 6.45) is 0. The molecular weight excluding hydrogens is 238 g/mol. The van der Waals surface area contributed by atoms with Gasteiger partial charge in [0.2, 0.25) is 0 Å². The topological polar surface area (TPSA) is 41.3 Å². The lowest BCUT2D eigenvalue weighted by Gasteiger charge is -2.24. The van der Waals surface area contributed by atoms with Crippen molar-refractivity contribution in [3.05, 3.63) is 30.0 Å². The van der Waals surface area contributed by atoms with Crippen LogP contribution in [0.25, 0.3) is 10.9 Å². The van der Waals surface area contributed by atoms with Crippen LogP contribution in [0.1, 0.15) is 26.5 Å². The molecule has 19 heavy (non-hydrogen) atoms. The zero-order valence-corrected chi connectivity index (χ0v) is 12.2. The van der Waals surface area contributed by atoms with Gasteiger partial charge in [0.15, 0.2) is 0 Å². The van der Waals surface area contributed by atoms with Gasteiger partial charge < -0.3 is 5.11 Å². The molecule has 0 aliphatic carbocycles. The molecule has 4 heteroatoms. The fourth-order valence-electron chi connectivity index (χ4n) is 2.53. The molecule has 1 heterocycles. The number of hydrogen-bond donors (Lipinski definition) is 1. The molecule has 0 saturated heterocycles. The highest BCUT2D eigenvalue weighted by Gasteiger charge is 2.17. The Hall–Kier alpha value is -1.39. The van der Waals surface area contributed by atoms with Crippen molar-refractivity contribution in [3.63, 3.8) is 0 Å². The van der Waals surface area contributed by atoms with Gasteiger partial charge in [-0.25, -0.2) is 0 Å². The van der Waals surface area contributed by atoms with Crippen LogP contribution in [0, 0.1) is 0 Å². The Kier molecular flexibility index (Phi) is 3.92. The normalized spacial score (nSPS) is 12.5. The summed E-state index contributed by atoms with van der Waals surface area (Å²) in [6.45, 7) is 8.00. The average Bonchev–Trinajstić information content (AvgIpc) is 2.65. The molecule has 0 fully saturated rings. The van der Waals surface area contributed by atoms with Gasteiger partial charge in [-0.3, -0.25) is 9.58 Å². The van der Waals surface area contributed by atoms with Crippen molar-refractivity contribution in [3.8, 4) is 0 Å². The summed E-state index contributed by atoms with van der Waals surface area (Å²) in [5, 5.41) is 15.7. The first-order valence-electron chi connectivity index (χ1n) is 6.76. The lowest BCUT2D eigenvalue weighted by molar-refractivity contribution is 0.0422. The summed E-state index contributed by atoms with van der Waals surface area (Å²) in [7, 11) is 2.01. The number of rotatable bonds is 5. The zero-order chi connectivity index (χ0) is 14.0. The highest BCUT2D eigenvalue weighted by molar-refractivity contribution is 5.81. The van der Waals surface area contributed by atoms with Crippen molar-refractivity contribution >= 4 is 10.9 Å². The number of aliphatic hydroxyl groups is 1. The minimum atomic E-state index is -0.683. The average molecular weight is 261 g/mol. The second-order valence-corrected chi connectivity index (χ2v) is 5.76. The van der Waals surface area contributed by atoms with E-state index in [0.29, 0.717) is 6.54 Å². The zero-order valence-electron chi connectivity index (χ0n) is 12.2. The lowest BCUT2D eigenvalue weighted by Crippen LogP contribution is -2.35. The smallest absolute Gasteiger partial charge is 0.0843 e. The van der Waals surface area contributed by atoms with Crippen LogP contribution in [0.4, 0.5) is 0 Å². The van der Waals surface area contributed by atoms with E-state index in [9.17, 15) is 5.11 Å². The van der Waals surface area contributed by atoms with Crippen molar-refractivity contribution in [1.82, 2.24) is 14.7 Å². The van der Waals surface area contributed by atoms with E-state index in [1.807, 2.05) is 37.7 Å². The number of benzene rings is 1. The molecule has 104 valence electrons. The highest BCUT2D eigenvalue weighted by atomic mass is 16.3. The molecule has 0 bridgehead atoms. The molecule has 1 aromatic carbocycles. The maximum Gasteiger partial charge on any atom is 0.0843 e. The van der Waals surface area contributed by atoms with Crippen LogP contribution < -0.4 is 0 Å². The predicted molar refractivity (Wildman–Crippen MR) is 78.0 cm³/mol.